The first kappa shape index (κ1) is 15.5. The van der Waals surface area contributed by atoms with E-state index in [1.807, 2.05) is 43.3 Å². The first-order valence-electron chi connectivity index (χ1n) is 7.72. The molecule has 0 atom stereocenters. The quantitative estimate of drug-likeness (QED) is 0.531. The fourth-order valence-corrected chi connectivity index (χ4v) is 3.43. The Hall–Kier alpha value is -3.06. The molecule has 0 unspecified atom stereocenters. The van der Waals surface area contributed by atoms with Crippen LogP contribution < -0.4 is 5.56 Å². The van der Waals surface area contributed by atoms with Gasteiger partial charge in [-0.05, 0) is 31.2 Å². The molecule has 25 heavy (non-hydrogen) atoms. The lowest BCUT2D eigenvalue weighted by Crippen LogP contribution is -2.24. The van der Waals surface area contributed by atoms with Crippen LogP contribution in [0.1, 0.15) is 14.5 Å². The standard InChI is InChI=1S/C18H14N4O2S/c1-12-7-8-16(25-12)15(23)10-21-11-19-17-14(18(21)24)9-20-22(17)13-5-3-2-4-6-13/h2-9,11H,10H2,1H3. The van der Waals surface area contributed by atoms with Crippen LogP contribution in [0.3, 0.4) is 0 Å². The Bertz CT molecular complexity index is 1120. The van der Waals surface area contributed by atoms with Gasteiger partial charge < -0.3 is 0 Å². The average Bonchev–Trinajstić information content (AvgIpc) is 3.25. The summed E-state index contributed by atoms with van der Waals surface area (Å²) >= 11 is 1.42. The molecule has 6 nitrogen and oxygen atoms in total. The zero-order valence-corrected chi connectivity index (χ0v) is 14.2. The molecule has 7 heteroatoms. The molecule has 0 saturated carbocycles. The molecule has 124 valence electrons. The topological polar surface area (TPSA) is 69.8 Å². The van der Waals surface area contributed by atoms with Crippen LogP contribution in [-0.2, 0) is 6.54 Å². The molecule has 0 saturated heterocycles. The first-order chi connectivity index (χ1) is 12.1. The Balaban J connectivity index is 1.72. The van der Waals surface area contributed by atoms with Gasteiger partial charge in [-0.2, -0.15) is 5.10 Å². The van der Waals surface area contributed by atoms with Crippen molar-refractivity contribution in [1.82, 2.24) is 19.3 Å². The molecule has 0 radical (unpaired) electrons. The number of hydrogen-bond acceptors (Lipinski definition) is 5. The third-order valence-corrected chi connectivity index (χ3v) is 4.93. The molecule has 0 aliphatic carbocycles. The summed E-state index contributed by atoms with van der Waals surface area (Å²) in [6.07, 6.45) is 2.90. The molecule has 0 fully saturated rings. The Kier molecular flexibility index (Phi) is 3.77. The van der Waals surface area contributed by atoms with Gasteiger partial charge >= 0.3 is 0 Å². The van der Waals surface area contributed by atoms with Crippen molar-refractivity contribution in [3.8, 4) is 5.69 Å². The number of carbonyl (C=O) groups excluding carboxylic acids is 1. The van der Waals surface area contributed by atoms with Crippen molar-refractivity contribution >= 4 is 28.2 Å². The molecule has 4 rings (SSSR count). The van der Waals surface area contributed by atoms with Crippen molar-refractivity contribution in [1.29, 1.82) is 0 Å². The van der Waals surface area contributed by atoms with E-state index in [0.29, 0.717) is 15.9 Å². The molecule has 0 N–H and O–H groups in total. The number of aromatic nitrogens is 4. The Morgan fingerprint density at radius 3 is 2.68 bits per heavy atom. The number of para-hydroxylation sites is 1. The summed E-state index contributed by atoms with van der Waals surface area (Å²) in [5.41, 5.74) is 1.04. The molecule has 3 aromatic heterocycles. The van der Waals surface area contributed by atoms with Crippen LogP contribution in [0, 0.1) is 6.92 Å². The Morgan fingerprint density at radius 1 is 1.16 bits per heavy atom. The number of fused-ring (bicyclic) bond motifs is 1. The van der Waals surface area contributed by atoms with Crippen molar-refractivity contribution in [2.75, 3.05) is 0 Å². The van der Waals surface area contributed by atoms with Gasteiger partial charge in [-0.3, -0.25) is 14.2 Å². The van der Waals surface area contributed by atoms with E-state index in [-0.39, 0.29) is 17.9 Å². The second-order valence-corrected chi connectivity index (χ2v) is 6.93. The van der Waals surface area contributed by atoms with Gasteiger partial charge in [0.05, 0.1) is 23.3 Å². The van der Waals surface area contributed by atoms with E-state index in [1.54, 1.807) is 10.7 Å². The molecular formula is C18H14N4O2S. The fraction of sp³-hybridized carbons (Fsp3) is 0.111. The predicted molar refractivity (Wildman–Crippen MR) is 96.5 cm³/mol. The highest BCUT2D eigenvalue weighted by atomic mass is 32.1. The predicted octanol–water partition coefficient (Wildman–Crippen LogP) is 2.84. The smallest absolute Gasteiger partial charge is 0.264 e. The summed E-state index contributed by atoms with van der Waals surface area (Å²) in [5, 5.41) is 4.66. The van der Waals surface area contributed by atoms with Crippen LogP contribution in [0.5, 0.6) is 0 Å². The number of carbonyl (C=O) groups is 1. The monoisotopic (exact) mass is 350 g/mol. The summed E-state index contributed by atoms with van der Waals surface area (Å²) in [5.74, 6) is -0.100. The van der Waals surface area contributed by atoms with E-state index in [4.69, 9.17) is 0 Å². The summed E-state index contributed by atoms with van der Waals surface area (Å²) < 4.78 is 2.95. The number of ketones is 1. The first-order valence-corrected chi connectivity index (χ1v) is 8.53. The van der Waals surface area contributed by atoms with Gasteiger partial charge in [-0.25, -0.2) is 9.67 Å². The van der Waals surface area contributed by atoms with E-state index in [1.165, 1.54) is 28.4 Å². The molecular weight excluding hydrogens is 336 g/mol. The summed E-state index contributed by atoms with van der Waals surface area (Å²) in [6, 6.07) is 13.2. The third-order valence-electron chi connectivity index (χ3n) is 3.88. The lowest BCUT2D eigenvalue weighted by atomic mass is 10.3. The van der Waals surface area contributed by atoms with Crippen LogP contribution in [0.15, 0.2) is 59.8 Å². The van der Waals surface area contributed by atoms with Crippen molar-refractivity contribution in [2.45, 2.75) is 13.5 Å². The maximum atomic E-state index is 12.7. The highest BCUT2D eigenvalue weighted by Crippen LogP contribution is 2.17. The van der Waals surface area contributed by atoms with Crippen LogP contribution >= 0.6 is 11.3 Å². The minimum absolute atomic E-state index is 0.0295. The minimum atomic E-state index is -0.270. The van der Waals surface area contributed by atoms with Gasteiger partial charge in [-0.1, -0.05) is 18.2 Å². The number of benzene rings is 1. The van der Waals surface area contributed by atoms with Gasteiger partial charge in [0.2, 0.25) is 0 Å². The largest absolute Gasteiger partial charge is 0.291 e. The second-order valence-electron chi connectivity index (χ2n) is 5.64. The molecule has 4 aromatic rings. The minimum Gasteiger partial charge on any atom is -0.291 e. The number of aryl methyl sites for hydroxylation is 1. The van der Waals surface area contributed by atoms with Crippen molar-refractivity contribution in [2.24, 2.45) is 0 Å². The van der Waals surface area contributed by atoms with Gasteiger partial charge in [-0.15, -0.1) is 11.3 Å². The molecule has 0 bridgehead atoms. The van der Waals surface area contributed by atoms with Crippen molar-refractivity contribution < 1.29 is 4.79 Å². The highest BCUT2D eigenvalue weighted by molar-refractivity contribution is 7.14. The van der Waals surface area contributed by atoms with Gasteiger partial charge in [0.25, 0.3) is 5.56 Å². The Labute approximate surface area is 147 Å². The zero-order chi connectivity index (χ0) is 17.4. The summed E-state index contributed by atoms with van der Waals surface area (Å²) in [6.45, 7) is 1.91. The number of thiophene rings is 1. The number of nitrogens with zero attached hydrogens (tertiary/aromatic N) is 4. The van der Waals surface area contributed by atoms with Gasteiger partial charge in [0, 0.05) is 4.88 Å². The summed E-state index contributed by atoms with van der Waals surface area (Å²) in [4.78, 5) is 31.1. The van der Waals surface area contributed by atoms with E-state index in [2.05, 4.69) is 10.1 Å². The maximum Gasteiger partial charge on any atom is 0.264 e. The van der Waals surface area contributed by atoms with E-state index >= 15 is 0 Å². The van der Waals surface area contributed by atoms with E-state index in [9.17, 15) is 9.59 Å². The number of rotatable bonds is 4. The lowest BCUT2D eigenvalue weighted by Gasteiger charge is -2.05. The Morgan fingerprint density at radius 2 is 1.96 bits per heavy atom. The molecule has 0 aliphatic rings. The van der Waals surface area contributed by atoms with Gasteiger partial charge in [0.1, 0.15) is 11.7 Å². The molecule has 1 aromatic carbocycles. The second kappa shape index (κ2) is 6.10. The molecule has 0 amide bonds. The normalized spacial score (nSPS) is 11.1. The molecule has 0 spiro atoms. The zero-order valence-electron chi connectivity index (χ0n) is 13.4. The lowest BCUT2D eigenvalue weighted by molar-refractivity contribution is 0.0974. The SMILES string of the molecule is Cc1ccc(C(=O)Cn2cnc3c(cnn3-c3ccccc3)c2=O)s1. The summed E-state index contributed by atoms with van der Waals surface area (Å²) in [7, 11) is 0. The average molecular weight is 350 g/mol. The van der Waals surface area contributed by atoms with Crippen LogP contribution in [0.25, 0.3) is 16.7 Å². The van der Waals surface area contributed by atoms with Gasteiger partial charge in [0.15, 0.2) is 11.4 Å². The third kappa shape index (κ3) is 2.78. The number of hydrogen-bond donors (Lipinski definition) is 0. The molecule has 3 heterocycles. The van der Waals surface area contributed by atoms with E-state index < -0.39 is 0 Å². The van der Waals surface area contributed by atoms with Crippen molar-refractivity contribution in [3.63, 3.8) is 0 Å². The fourth-order valence-electron chi connectivity index (χ4n) is 2.64. The van der Waals surface area contributed by atoms with Crippen LogP contribution in [0.4, 0.5) is 0 Å². The number of Topliss-reactive ketones (excluding diaryl/α,β-unsaturated/α-hetero) is 1. The van der Waals surface area contributed by atoms with Crippen molar-refractivity contribution in [3.05, 3.63) is 75.1 Å². The highest BCUT2D eigenvalue weighted by Gasteiger charge is 2.14. The molecule has 0 aliphatic heterocycles. The van der Waals surface area contributed by atoms with E-state index in [0.717, 1.165) is 10.6 Å². The maximum absolute atomic E-state index is 12.7. The van der Waals surface area contributed by atoms with Crippen LogP contribution in [-0.4, -0.2) is 25.1 Å². The van der Waals surface area contributed by atoms with Crippen LogP contribution in [0.2, 0.25) is 0 Å².